The Balaban J connectivity index is 0.000000561. The van der Waals surface area contributed by atoms with Crippen molar-refractivity contribution in [3.8, 4) is 0 Å². The molecule has 1 rings (SSSR count). The van der Waals surface area contributed by atoms with E-state index in [-0.39, 0.29) is 0 Å². The van der Waals surface area contributed by atoms with Crippen LogP contribution in [-0.2, 0) is 0 Å². The molecule has 0 aliphatic rings. The minimum absolute atomic E-state index is 0.900. The molecule has 0 fully saturated rings. The average Bonchev–Trinajstić information content (AvgIpc) is 2.04. The number of hydrogen-bond donors (Lipinski definition) is 1. The summed E-state index contributed by atoms with van der Waals surface area (Å²) >= 11 is 0. The Labute approximate surface area is 75.6 Å². The molecule has 68 valence electrons. The van der Waals surface area contributed by atoms with Crippen molar-refractivity contribution in [2.24, 2.45) is 0 Å². The molecule has 0 radical (unpaired) electrons. The van der Waals surface area contributed by atoms with Crippen LogP contribution in [0, 0.1) is 20.8 Å². The van der Waals surface area contributed by atoms with E-state index in [1.807, 2.05) is 26.8 Å². The highest BCUT2D eigenvalue weighted by Gasteiger charge is 1.96. The molecular weight excluding hydrogens is 146 g/mol. The third kappa shape index (κ3) is 2.57. The summed E-state index contributed by atoms with van der Waals surface area (Å²) in [6.07, 6.45) is 0. The highest BCUT2D eigenvalue weighted by Crippen LogP contribution is 2.16. The largest absolute Gasteiger partial charge is 0.398 e. The van der Waals surface area contributed by atoms with Gasteiger partial charge in [-0.25, -0.2) is 0 Å². The lowest BCUT2D eigenvalue weighted by atomic mass is 10.1. The highest BCUT2D eigenvalue weighted by molar-refractivity contribution is 5.51. The lowest BCUT2D eigenvalue weighted by Gasteiger charge is -2.04. The second-order valence-corrected chi connectivity index (χ2v) is 2.80. The van der Waals surface area contributed by atoms with Crippen LogP contribution in [0.15, 0.2) is 12.1 Å². The molecule has 12 heavy (non-hydrogen) atoms. The second-order valence-electron chi connectivity index (χ2n) is 2.80. The lowest BCUT2D eigenvalue weighted by Crippen LogP contribution is -1.92. The molecule has 1 heteroatoms. The van der Waals surface area contributed by atoms with Gasteiger partial charge in [0, 0.05) is 5.69 Å². The summed E-state index contributed by atoms with van der Waals surface area (Å²) in [4.78, 5) is 0. The van der Waals surface area contributed by atoms with Crippen molar-refractivity contribution >= 4 is 5.69 Å². The van der Waals surface area contributed by atoms with Crippen LogP contribution in [0.5, 0.6) is 0 Å². The smallest absolute Gasteiger partial charge is 0.0349 e. The summed E-state index contributed by atoms with van der Waals surface area (Å²) in [5.74, 6) is 0. The van der Waals surface area contributed by atoms with Gasteiger partial charge in [-0.3, -0.25) is 0 Å². The quantitative estimate of drug-likeness (QED) is 0.587. The fraction of sp³-hybridized carbons (Fsp3) is 0.455. The van der Waals surface area contributed by atoms with E-state index in [9.17, 15) is 0 Å². The van der Waals surface area contributed by atoms with E-state index in [1.165, 1.54) is 16.7 Å². The summed E-state index contributed by atoms with van der Waals surface area (Å²) in [7, 11) is 0. The maximum atomic E-state index is 5.72. The van der Waals surface area contributed by atoms with Crippen molar-refractivity contribution in [1.82, 2.24) is 0 Å². The summed E-state index contributed by atoms with van der Waals surface area (Å²) in [6, 6.07) is 4.15. The van der Waals surface area contributed by atoms with Crippen LogP contribution in [0.4, 0.5) is 5.69 Å². The van der Waals surface area contributed by atoms with Gasteiger partial charge >= 0.3 is 0 Å². The standard InChI is InChI=1S/C9H13N.C2H6/c1-6-4-7(2)8(3)9(10)5-6;1-2/h4-5H,10H2,1-3H3;1-2H3. The molecule has 0 atom stereocenters. The second kappa shape index (κ2) is 4.81. The van der Waals surface area contributed by atoms with Crippen molar-refractivity contribution < 1.29 is 0 Å². The van der Waals surface area contributed by atoms with Gasteiger partial charge in [0.15, 0.2) is 0 Å². The number of anilines is 1. The first-order chi connectivity index (χ1) is 5.61. The predicted octanol–water partition coefficient (Wildman–Crippen LogP) is 3.22. The third-order valence-corrected chi connectivity index (χ3v) is 1.85. The number of aryl methyl sites for hydroxylation is 2. The number of nitrogen functional groups attached to an aromatic ring is 1. The molecule has 2 N–H and O–H groups in total. The predicted molar refractivity (Wildman–Crippen MR) is 56.4 cm³/mol. The monoisotopic (exact) mass is 165 g/mol. The van der Waals surface area contributed by atoms with Crippen LogP contribution < -0.4 is 5.73 Å². The maximum absolute atomic E-state index is 5.72. The third-order valence-electron chi connectivity index (χ3n) is 1.85. The van der Waals surface area contributed by atoms with Crippen molar-refractivity contribution in [2.45, 2.75) is 34.6 Å². The molecule has 0 amide bonds. The fourth-order valence-corrected chi connectivity index (χ4v) is 1.07. The molecule has 1 aromatic rings. The zero-order valence-corrected chi connectivity index (χ0v) is 8.73. The maximum Gasteiger partial charge on any atom is 0.0349 e. The molecule has 0 aromatic heterocycles. The Kier molecular flexibility index (Phi) is 4.42. The van der Waals surface area contributed by atoms with Gasteiger partial charge in [-0.1, -0.05) is 19.9 Å². The molecule has 1 aromatic carbocycles. The first-order valence-electron chi connectivity index (χ1n) is 4.44. The van der Waals surface area contributed by atoms with E-state index in [1.54, 1.807) is 0 Å². The normalized spacial score (nSPS) is 8.75. The summed E-state index contributed by atoms with van der Waals surface area (Å²) in [5.41, 5.74) is 10.3. The van der Waals surface area contributed by atoms with Gasteiger partial charge in [0.25, 0.3) is 0 Å². The van der Waals surface area contributed by atoms with Crippen molar-refractivity contribution in [1.29, 1.82) is 0 Å². The fourth-order valence-electron chi connectivity index (χ4n) is 1.07. The van der Waals surface area contributed by atoms with Gasteiger partial charge in [0.05, 0.1) is 0 Å². The lowest BCUT2D eigenvalue weighted by molar-refractivity contribution is 1.30. The number of rotatable bonds is 0. The van der Waals surface area contributed by atoms with Gasteiger partial charge in [-0.15, -0.1) is 0 Å². The van der Waals surface area contributed by atoms with Crippen LogP contribution in [0.2, 0.25) is 0 Å². The van der Waals surface area contributed by atoms with Crippen molar-refractivity contribution in [2.75, 3.05) is 5.73 Å². The van der Waals surface area contributed by atoms with Gasteiger partial charge in [0.2, 0.25) is 0 Å². The zero-order valence-electron chi connectivity index (χ0n) is 8.73. The first-order valence-corrected chi connectivity index (χ1v) is 4.44. The van der Waals surface area contributed by atoms with E-state index in [2.05, 4.69) is 19.9 Å². The SMILES string of the molecule is CC.Cc1cc(C)c(C)c(N)c1. The molecule has 0 saturated carbocycles. The molecular formula is C11H19N. The molecule has 0 aliphatic carbocycles. The van der Waals surface area contributed by atoms with E-state index in [0.29, 0.717) is 0 Å². The molecule has 0 aliphatic heterocycles. The molecule has 0 heterocycles. The minimum Gasteiger partial charge on any atom is -0.398 e. The minimum atomic E-state index is 0.900. The zero-order chi connectivity index (χ0) is 9.72. The summed E-state index contributed by atoms with van der Waals surface area (Å²) in [5, 5.41) is 0. The van der Waals surface area contributed by atoms with E-state index >= 15 is 0 Å². The van der Waals surface area contributed by atoms with Crippen LogP contribution in [0.1, 0.15) is 30.5 Å². The van der Waals surface area contributed by atoms with Gasteiger partial charge in [-0.2, -0.15) is 0 Å². The molecule has 0 bridgehead atoms. The van der Waals surface area contributed by atoms with Crippen LogP contribution in [-0.4, -0.2) is 0 Å². The molecule has 1 nitrogen and oxygen atoms in total. The highest BCUT2D eigenvalue weighted by atomic mass is 14.6. The number of benzene rings is 1. The molecule has 0 spiro atoms. The summed E-state index contributed by atoms with van der Waals surface area (Å²) in [6.45, 7) is 10.2. The molecule has 0 saturated heterocycles. The molecule has 0 unspecified atom stereocenters. The van der Waals surface area contributed by atoms with Crippen LogP contribution in [0.25, 0.3) is 0 Å². The van der Waals surface area contributed by atoms with Crippen LogP contribution >= 0.6 is 0 Å². The first kappa shape index (κ1) is 11.0. The summed E-state index contributed by atoms with van der Waals surface area (Å²) < 4.78 is 0. The van der Waals surface area contributed by atoms with Gasteiger partial charge < -0.3 is 5.73 Å². The average molecular weight is 165 g/mol. The van der Waals surface area contributed by atoms with Crippen LogP contribution in [0.3, 0.4) is 0 Å². The Morgan fingerprint density at radius 3 is 1.92 bits per heavy atom. The topological polar surface area (TPSA) is 26.0 Å². The van der Waals surface area contributed by atoms with Crippen molar-refractivity contribution in [3.05, 3.63) is 28.8 Å². The van der Waals surface area contributed by atoms with Crippen molar-refractivity contribution in [3.63, 3.8) is 0 Å². The Morgan fingerprint density at radius 1 is 1.00 bits per heavy atom. The van der Waals surface area contributed by atoms with E-state index < -0.39 is 0 Å². The Hall–Kier alpha value is -0.980. The number of hydrogen-bond acceptors (Lipinski definition) is 1. The van der Waals surface area contributed by atoms with E-state index in [4.69, 9.17) is 5.73 Å². The Morgan fingerprint density at radius 2 is 1.50 bits per heavy atom. The Bertz CT molecular complexity index is 228. The van der Waals surface area contributed by atoms with Gasteiger partial charge in [0.1, 0.15) is 0 Å². The number of nitrogens with two attached hydrogens (primary N) is 1. The van der Waals surface area contributed by atoms with E-state index in [0.717, 1.165) is 5.69 Å². The van der Waals surface area contributed by atoms with Gasteiger partial charge in [-0.05, 0) is 43.5 Å².